The van der Waals surface area contributed by atoms with Gasteiger partial charge in [0.1, 0.15) is 10.7 Å². The van der Waals surface area contributed by atoms with Gasteiger partial charge in [0, 0.05) is 13.1 Å². The lowest BCUT2D eigenvalue weighted by atomic mass is 9.90. The summed E-state index contributed by atoms with van der Waals surface area (Å²) in [6.07, 6.45) is -4.27. The highest BCUT2D eigenvalue weighted by Crippen LogP contribution is 2.35. The van der Waals surface area contributed by atoms with E-state index in [2.05, 4.69) is 0 Å². The highest BCUT2D eigenvalue weighted by Gasteiger charge is 2.41. The molecule has 0 bridgehead atoms. The minimum Gasteiger partial charge on any atom is -0.330 e. The Hall–Kier alpha value is -1.19. The fourth-order valence-corrected chi connectivity index (χ4v) is 4.05. The highest BCUT2D eigenvalue weighted by molar-refractivity contribution is 7.89. The molecule has 0 aliphatic carbocycles. The van der Waals surface area contributed by atoms with Crippen molar-refractivity contribution in [2.75, 3.05) is 19.6 Å². The third-order valence-electron chi connectivity index (χ3n) is 3.89. The Labute approximate surface area is 126 Å². The predicted octanol–water partition coefficient (Wildman–Crippen LogP) is 2.20. The van der Waals surface area contributed by atoms with Gasteiger partial charge in [0.15, 0.2) is 0 Å². The van der Waals surface area contributed by atoms with Crippen LogP contribution in [0.25, 0.3) is 0 Å². The summed E-state index contributed by atoms with van der Waals surface area (Å²) in [4.78, 5) is -0.955. The molecule has 1 atom stereocenters. The molecule has 22 heavy (non-hydrogen) atoms. The zero-order valence-electron chi connectivity index (χ0n) is 11.8. The average molecular weight is 340 g/mol. The SMILES string of the molecule is CC1(CN)CCN(S(=O)(=O)c2cc(C(F)(F)F)ccc2F)C1. The van der Waals surface area contributed by atoms with Gasteiger partial charge in [-0.15, -0.1) is 0 Å². The van der Waals surface area contributed by atoms with Gasteiger partial charge < -0.3 is 5.73 Å². The van der Waals surface area contributed by atoms with Crippen LogP contribution in [-0.2, 0) is 16.2 Å². The van der Waals surface area contributed by atoms with Crippen LogP contribution in [0, 0.1) is 11.2 Å². The molecule has 4 nitrogen and oxygen atoms in total. The van der Waals surface area contributed by atoms with Crippen LogP contribution in [0.4, 0.5) is 17.6 Å². The molecule has 2 rings (SSSR count). The van der Waals surface area contributed by atoms with Gasteiger partial charge in [-0.25, -0.2) is 12.8 Å². The second-order valence-corrected chi connectivity index (χ2v) is 7.65. The lowest BCUT2D eigenvalue weighted by molar-refractivity contribution is -0.137. The van der Waals surface area contributed by atoms with Gasteiger partial charge in [-0.1, -0.05) is 6.92 Å². The minimum atomic E-state index is -4.74. The van der Waals surface area contributed by atoms with E-state index in [4.69, 9.17) is 5.73 Å². The molecule has 0 radical (unpaired) electrons. The number of halogens is 4. The first kappa shape index (κ1) is 17.2. The molecule has 1 aromatic rings. The van der Waals surface area contributed by atoms with Gasteiger partial charge in [-0.2, -0.15) is 17.5 Å². The molecule has 1 aromatic carbocycles. The topological polar surface area (TPSA) is 63.4 Å². The molecule has 9 heteroatoms. The Morgan fingerprint density at radius 3 is 2.50 bits per heavy atom. The number of rotatable bonds is 3. The standard InChI is InChI=1S/C13H16F4N2O2S/c1-12(7-18)4-5-19(8-12)22(20,21)11-6-9(13(15,16)17)2-3-10(11)14/h2-3,6H,4-5,7-8,18H2,1H3. The summed E-state index contributed by atoms with van der Waals surface area (Å²) in [5.41, 5.74) is 3.93. The second kappa shape index (κ2) is 5.47. The molecular weight excluding hydrogens is 324 g/mol. The first-order valence-corrected chi connectivity index (χ1v) is 8.01. The van der Waals surface area contributed by atoms with Gasteiger partial charge in [0.05, 0.1) is 5.56 Å². The van der Waals surface area contributed by atoms with E-state index in [0.717, 1.165) is 4.31 Å². The number of nitrogens with zero attached hydrogens (tertiary/aromatic N) is 1. The molecule has 0 aromatic heterocycles. The van der Waals surface area contributed by atoms with Crippen molar-refractivity contribution in [1.29, 1.82) is 0 Å². The van der Waals surface area contributed by atoms with Crippen molar-refractivity contribution in [3.8, 4) is 0 Å². The summed E-state index contributed by atoms with van der Waals surface area (Å²) in [5, 5.41) is 0. The lowest BCUT2D eigenvalue weighted by Crippen LogP contribution is -2.35. The van der Waals surface area contributed by atoms with Crippen molar-refractivity contribution in [1.82, 2.24) is 4.31 Å². The van der Waals surface area contributed by atoms with E-state index < -0.39 is 37.9 Å². The number of nitrogens with two attached hydrogens (primary N) is 1. The van der Waals surface area contributed by atoms with Crippen LogP contribution in [-0.4, -0.2) is 32.4 Å². The summed E-state index contributed by atoms with van der Waals surface area (Å²) in [5.74, 6) is -1.20. The average Bonchev–Trinajstić information content (AvgIpc) is 2.82. The Balaban J connectivity index is 2.43. The van der Waals surface area contributed by atoms with Crippen LogP contribution in [0.5, 0.6) is 0 Å². The Bertz CT molecular complexity index is 675. The van der Waals surface area contributed by atoms with Crippen molar-refractivity contribution in [2.45, 2.75) is 24.4 Å². The van der Waals surface area contributed by atoms with Crippen molar-refractivity contribution in [2.24, 2.45) is 11.1 Å². The largest absolute Gasteiger partial charge is 0.416 e. The summed E-state index contributed by atoms with van der Waals surface area (Å²) in [6, 6.07) is 1.37. The third-order valence-corrected chi connectivity index (χ3v) is 5.75. The van der Waals surface area contributed by atoms with Gasteiger partial charge in [-0.05, 0) is 36.6 Å². The first-order valence-electron chi connectivity index (χ1n) is 6.57. The van der Waals surface area contributed by atoms with E-state index in [-0.39, 0.29) is 19.6 Å². The highest BCUT2D eigenvalue weighted by atomic mass is 32.2. The molecule has 124 valence electrons. The van der Waals surface area contributed by atoms with Crippen LogP contribution in [0.3, 0.4) is 0 Å². The van der Waals surface area contributed by atoms with Crippen LogP contribution in [0.1, 0.15) is 18.9 Å². The quantitative estimate of drug-likeness (QED) is 0.858. The molecule has 1 heterocycles. The van der Waals surface area contributed by atoms with Crippen LogP contribution >= 0.6 is 0 Å². The molecule has 0 amide bonds. The van der Waals surface area contributed by atoms with Gasteiger partial charge in [0.2, 0.25) is 10.0 Å². The van der Waals surface area contributed by atoms with Crippen molar-refractivity contribution in [3.63, 3.8) is 0 Å². The third kappa shape index (κ3) is 3.11. The fourth-order valence-electron chi connectivity index (χ4n) is 2.37. The Morgan fingerprint density at radius 2 is 2.00 bits per heavy atom. The van der Waals surface area contributed by atoms with Crippen molar-refractivity contribution in [3.05, 3.63) is 29.6 Å². The molecule has 1 saturated heterocycles. The van der Waals surface area contributed by atoms with E-state index in [1.807, 2.05) is 0 Å². The molecule has 0 spiro atoms. The molecular formula is C13H16F4N2O2S. The van der Waals surface area contributed by atoms with Gasteiger partial charge in [0.25, 0.3) is 0 Å². The predicted molar refractivity (Wildman–Crippen MR) is 71.9 cm³/mol. The lowest BCUT2D eigenvalue weighted by Gasteiger charge is -2.22. The zero-order chi connectivity index (χ0) is 16.8. The molecule has 0 saturated carbocycles. The maximum absolute atomic E-state index is 13.8. The number of sulfonamides is 1. The second-order valence-electron chi connectivity index (χ2n) is 5.75. The molecule has 1 fully saturated rings. The van der Waals surface area contributed by atoms with Crippen molar-refractivity contribution >= 4 is 10.0 Å². The van der Waals surface area contributed by atoms with Crippen LogP contribution < -0.4 is 5.73 Å². The maximum Gasteiger partial charge on any atom is 0.416 e. The first-order chi connectivity index (χ1) is 9.99. The normalized spacial score (nSPS) is 23.9. The van der Waals surface area contributed by atoms with Gasteiger partial charge >= 0.3 is 6.18 Å². The van der Waals surface area contributed by atoms with E-state index in [9.17, 15) is 26.0 Å². The smallest absolute Gasteiger partial charge is 0.330 e. The summed E-state index contributed by atoms with van der Waals surface area (Å²) < 4.78 is 77.7. The molecule has 1 unspecified atom stereocenters. The van der Waals surface area contributed by atoms with E-state index in [1.54, 1.807) is 6.92 Å². The Morgan fingerprint density at radius 1 is 1.36 bits per heavy atom. The maximum atomic E-state index is 13.8. The molecule has 1 aliphatic rings. The summed E-state index contributed by atoms with van der Waals surface area (Å²) >= 11 is 0. The minimum absolute atomic E-state index is 0.0571. The van der Waals surface area contributed by atoms with Crippen molar-refractivity contribution < 1.29 is 26.0 Å². The molecule has 2 N–H and O–H groups in total. The van der Waals surface area contributed by atoms with E-state index >= 15 is 0 Å². The fraction of sp³-hybridized carbons (Fsp3) is 0.538. The van der Waals surface area contributed by atoms with Crippen LogP contribution in [0.2, 0.25) is 0 Å². The number of hydrogen-bond donors (Lipinski definition) is 1. The monoisotopic (exact) mass is 340 g/mol. The summed E-state index contributed by atoms with van der Waals surface area (Å²) in [6.45, 7) is 2.18. The zero-order valence-corrected chi connectivity index (χ0v) is 12.6. The number of benzene rings is 1. The number of hydrogen-bond acceptors (Lipinski definition) is 3. The van der Waals surface area contributed by atoms with E-state index in [1.165, 1.54) is 0 Å². The Kier molecular flexibility index (Phi) is 4.27. The number of alkyl halides is 3. The van der Waals surface area contributed by atoms with Gasteiger partial charge in [-0.3, -0.25) is 0 Å². The molecule has 1 aliphatic heterocycles. The van der Waals surface area contributed by atoms with Crippen LogP contribution in [0.15, 0.2) is 23.1 Å². The van der Waals surface area contributed by atoms with E-state index in [0.29, 0.717) is 24.6 Å². The summed E-state index contributed by atoms with van der Waals surface area (Å²) in [7, 11) is -4.33.